The Morgan fingerprint density at radius 1 is 1.00 bits per heavy atom. The lowest BCUT2D eigenvalue weighted by molar-refractivity contribution is 0.0600. The van der Waals surface area contributed by atoms with Gasteiger partial charge in [-0.3, -0.25) is 4.79 Å². The fourth-order valence-electron chi connectivity index (χ4n) is 2.50. The average Bonchev–Trinajstić information content (AvgIpc) is 2.87. The molecule has 3 rings (SSSR count). The van der Waals surface area contributed by atoms with E-state index in [9.17, 15) is 9.59 Å². The smallest absolute Gasteiger partial charge is 0.337 e. The van der Waals surface area contributed by atoms with E-state index in [0.29, 0.717) is 41.5 Å². The van der Waals surface area contributed by atoms with E-state index in [1.165, 1.54) is 7.11 Å². The van der Waals surface area contributed by atoms with Gasteiger partial charge in [0.1, 0.15) is 0 Å². The Hall–Kier alpha value is -3.02. The van der Waals surface area contributed by atoms with Crippen molar-refractivity contribution in [1.82, 2.24) is 0 Å². The molecule has 1 amide bonds. The summed E-state index contributed by atoms with van der Waals surface area (Å²) in [6.45, 7) is 3.00. The minimum atomic E-state index is -0.453. The molecule has 1 heterocycles. The summed E-state index contributed by atoms with van der Waals surface area (Å²) < 4.78 is 15.9. The van der Waals surface area contributed by atoms with E-state index >= 15 is 0 Å². The van der Waals surface area contributed by atoms with Gasteiger partial charge in [0.2, 0.25) is 0 Å². The summed E-state index contributed by atoms with van der Waals surface area (Å²) in [5, 5.41) is 2.83. The molecule has 25 heavy (non-hydrogen) atoms. The van der Waals surface area contributed by atoms with Crippen LogP contribution in [0.3, 0.4) is 0 Å². The minimum Gasteiger partial charge on any atom is -0.490 e. The summed E-state index contributed by atoms with van der Waals surface area (Å²) >= 11 is 0. The van der Waals surface area contributed by atoms with Crippen LogP contribution in [-0.4, -0.2) is 32.2 Å². The number of hydrogen-bond donors (Lipinski definition) is 1. The molecule has 6 nitrogen and oxygen atoms in total. The molecule has 130 valence electrons. The van der Waals surface area contributed by atoms with Crippen molar-refractivity contribution >= 4 is 17.6 Å². The molecule has 2 aromatic rings. The lowest BCUT2D eigenvalue weighted by atomic mass is 10.1. The molecule has 0 saturated carbocycles. The summed E-state index contributed by atoms with van der Waals surface area (Å²) in [5.74, 6) is 0.454. The Morgan fingerprint density at radius 2 is 1.72 bits per heavy atom. The number of esters is 1. The van der Waals surface area contributed by atoms with Crippen molar-refractivity contribution in [1.29, 1.82) is 0 Å². The minimum absolute atomic E-state index is 0.291. The number of rotatable bonds is 3. The topological polar surface area (TPSA) is 73.9 Å². The van der Waals surface area contributed by atoms with E-state index < -0.39 is 5.97 Å². The Balaban J connectivity index is 1.83. The predicted octanol–water partition coefficient (Wildman–Crippen LogP) is 3.20. The lowest BCUT2D eigenvalue weighted by Crippen LogP contribution is -2.14. The van der Waals surface area contributed by atoms with Gasteiger partial charge in [-0.2, -0.15) is 0 Å². The number of hydrogen-bond acceptors (Lipinski definition) is 5. The quantitative estimate of drug-likeness (QED) is 0.868. The van der Waals surface area contributed by atoms with E-state index in [-0.39, 0.29) is 5.91 Å². The van der Waals surface area contributed by atoms with Crippen LogP contribution in [0, 0.1) is 6.92 Å². The number of methoxy groups -OCH3 is 1. The number of carbonyl (C=O) groups is 2. The van der Waals surface area contributed by atoms with E-state index in [0.717, 1.165) is 12.0 Å². The average molecular weight is 341 g/mol. The fraction of sp³-hybridized carbons (Fsp3) is 0.263. The molecule has 0 spiro atoms. The SMILES string of the molecule is COC(=O)c1ccc(C)c(NC(=O)c2ccc3c(c2)OCCCO3)c1. The van der Waals surface area contributed by atoms with Crippen LogP contribution in [0.2, 0.25) is 0 Å². The van der Waals surface area contributed by atoms with Gasteiger partial charge in [0, 0.05) is 17.7 Å². The Bertz CT molecular complexity index is 815. The van der Waals surface area contributed by atoms with Crippen molar-refractivity contribution < 1.29 is 23.8 Å². The number of aryl methyl sites for hydroxylation is 1. The van der Waals surface area contributed by atoms with Gasteiger partial charge in [-0.1, -0.05) is 6.07 Å². The Kier molecular flexibility index (Phi) is 4.88. The van der Waals surface area contributed by atoms with Crippen molar-refractivity contribution in [2.45, 2.75) is 13.3 Å². The van der Waals surface area contributed by atoms with E-state index in [1.54, 1.807) is 36.4 Å². The molecule has 0 atom stereocenters. The van der Waals surface area contributed by atoms with Gasteiger partial charge in [0.15, 0.2) is 11.5 Å². The Morgan fingerprint density at radius 3 is 2.48 bits per heavy atom. The van der Waals surface area contributed by atoms with E-state index in [4.69, 9.17) is 14.2 Å². The number of ether oxygens (including phenoxy) is 3. The molecule has 0 aromatic heterocycles. The molecule has 6 heteroatoms. The number of nitrogens with one attached hydrogen (secondary N) is 1. The van der Waals surface area contributed by atoms with Gasteiger partial charge >= 0.3 is 5.97 Å². The number of anilines is 1. The molecule has 0 unspecified atom stereocenters. The molecule has 0 aliphatic carbocycles. The van der Waals surface area contributed by atoms with Crippen LogP contribution in [0.1, 0.15) is 32.7 Å². The first-order valence-electron chi connectivity index (χ1n) is 7.98. The van der Waals surface area contributed by atoms with Gasteiger partial charge < -0.3 is 19.5 Å². The van der Waals surface area contributed by atoms with Crippen molar-refractivity contribution in [3.8, 4) is 11.5 Å². The number of fused-ring (bicyclic) bond motifs is 1. The number of carbonyl (C=O) groups excluding carboxylic acids is 2. The normalized spacial score (nSPS) is 12.9. The maximum Gasteiger partial charge on any atom is 0.337 e. The zero-order valence-electron chi connectivity index (χ0n) is 14.1. The highest BCUT2D eigenvalue weighted by atomic mass is 16.5. The van der Waals surface area contributed by atoms with Gasteiger partial charge in [-0.25, -0.2) is 4.79 Å². The van der Waals surface area contributed by atoms with Crippen LogP contribution in [0.4, 0.5) is 5.69 Å². The first-order valence-corrected chi connectivity index (χ1v) is 7.98. The van der Waals surface area contributed by atoms with Crippen molar-refractivity contribution in [3.63, 3.8) is 0 Å². The standard InChI is InChI=1S/C19H19NO5/c1-12-4-5-14(19(22)23-2)10-15(12)20-18(21)13-6-7-16-17(11-13)25-9-3-8-24-16/h4-7,10-11H,3,8-9H2,1-2H3,(H,20,21). The Labute approximate surface area is 145 Å². The lowest BCUT2D eigenvalue weighted by Gasteiger charge is -2.12. The van der Waals surface area contributed by atoms with Crippen LogP contribution >= 0.6 is 0 Å². The van der Waals surface area contributed by atoms with Crippen LogP contribution in [0.25, 0.3) is 0 Å². The first kappa shape index (κ1) is 16.8. The molecule has 2 aromatic carbocycles. The zero-order chi connectivity index (χ0) is 17.8. The van der Waals surface area contributed by atoms with Crippen molar-refractivity contribution in [2.75, 3.05) is 25.6 Å². The van der Waals surface area contributed by atoms with Gasteiger partial charge in [-0.05, 0) is 42.8 Å². The molecule has 0 saturated heterocycles. The second-order valence-electron chi connectivity index (χ2n) is 5.69. The third kappa shape index (κ3) is 3.74. The molecule has 0 fully saturated rings. The van der Waals surface area contributed by atoms with Gasteiger partial charge in [-0.15, -0.1) is 0 Å². The molecular formula is C19H19NO5. The summed E-state index contributed by atoms with van der Waals surface area (Å²) in [6.07, 6.45) is 0.801. The van der Waals surface area contributed by atoms with Gasteiger partial charge in [0.25, 0.3) is 5.91 Å². The molecule has 0 bridgehead atoms. The second kappa shape index (κ2) is 7.25. The fourth-order valence-corrected chi connectivity index (χ4v) is 2.50. The van der Waals surface area contributed by atoms with Crippen LogP contribution < -0.4 is 14.8 Å². The largest absolute Gasteiger partial charge is 0.490 e. The molecule has 1 aliphatic heterocycles. The van der Waals surface area contributed by atoms with E-state index in [1.807, 2.05) is 6.92 Å². The molecular weight excluding hydrogens is 322 g/mol. The molecule has 1 aliphatic rings. The molecule has 0 radical (unpaired) electrons. The van der Waals surface area contributed by atoms with Crippen LogP contribution in [-0.2, 0) is 4.74 Å². The van der Waals surface area contributed by atoms with Gasteiger partial charge in [0.05, 0.1) is 25.9 Å². The summed E-state index contributed by atoms with van der Waals surface area (Å²) in [5.41, 5.74) is 2.23. The second-order valence-corrected chi connectivity index (χ2v) is 5.69. The van der Waals surface area contributed by atoms with Crippen molar-refractivity contribution in [3.05, 3.63) is 53.1 Å². The van der Waals surface area contributed by atoms with Crippen LogP contribution in [0.5, 0.6) is 11.5 Å². The van der Waals surface area contributed by atoms with Crippen LogP contribution in [0.15, 0.2) is 36.4 Å². The van der Waals surface area contributed by atoms with Crippen molar-refractivity contribution in [2.24, 2.45) is 0 Å². The monoisotopic (exact) mass is 341 g/mol. The predicted molar refractivity (Wildman–Crippen MR) is 92.5 cm³/mol. The summed E-state index contributed by atoms with van der Waals surface area (Å²) in [4.78, 5) is 24.2. The van der Waals surface area contributed by atoms with E-state index in [2.05, 4.69) is 5.32 Å². The first-order chi connectivity index (χ1) is 12.1. The highest BCUT2D eigenvalue weighted by Gasteiger charge is 2.16. The zero-order valence-corrected chi connectivity index (χ0v) is 14.1. The number of benzene rings is 2. The maximum absolute atomic E-state index is 12.6. The highest BCUT2D eigenvalue weighted by molar-refractivity contribution is 6.05. The third-order valence-corrected chi connectivity index (χ3v) is 3.92. The highest BCUT2D eigenvalue weighted by Crippen LogP contribution is 2.30. The maximum atomic E-state index is 12.6. The summed E-state index contributed by atoms with van der Waals surface area (Å²) in [7, 11) is 1.32. The molecule has 1 N–H and O–H groups in total. The summed E-state index contributed by atoms with van der Waals surface area (Å²) in [6, 6.07) is 10.1. The number of amides is 1. The third-order valence-electron chi connectivity index (χ3n) is 3.92.